The number of anilines is 1. The van der Waals surface area contributed by atoms with Gasteiger partial charge in [-0.05, 0) is 36.6 Å². The maximum atomic E-state index is 11.9. The first-order valence-electron chi connectivity index (χ1n) is 7.51. The Labute approximate surface area is 146 Å². The van der Waals surface area contributed by atoms with E-state index in [1.54, 1.807) is 6.07 Å². The van der Waals surface area contributed by atoms with Crippen LogP contribution in [0.5, 0.6) is 0 Å². The highest BCUT2D eigenvalue weighted by atomic mass is 35.5. The molecule has 126 valence electrons. The molecule has 2 aromatic rings. The number of carbonyl (C=O) groups excluding carboxylic acids is 1. The van der Waals surface area contributed by atoms with Crippen LogP contribution in [0.2, 0.25) is 5.02 Å². The molecular weight excluding hydrogens is 326 g/mol. The van der Waals surface area contributed by atoms with Gasteiger partial charge in [0.15, 0.2) is 6.61 Å². The van der Waals surface area contributed by atoms with E-state index in [1.165, 1.54) is 0 Å². The van der Waals surface area contributed by atoms with Crippen LogP contribution in [0.4, 0.5) is 5.69 Å². The highest BCUT2D eigenvalue weighted by molar-refractivity contribution is 6.31. The van der Waals surface area contributed by atoms with Gasteiger partial charge in [-0.25, -0.2) is 0 Å². The molecule has 0 aliphatic carbocycles. The van der Waals surface area contributed by atoms with E-state index in [0.29, 0.717) is 11.4 Å². The quantitative estimate of drug-likeness (QED) is 0.478. The number of amides is 1. The van der Waals surface area contributed by atoms with E-state index in [0.717, 1.165) is 22.4 Å². The number of hydrogen-bond acceptors (Lipinski definition) is 3. The Kier molecular flexibility index (Phi) is 6.21. The molecule has 24 heavy (non-hydrogen) atoms. The summed E-state index contributed by atoms with van der Waals surface area (Å²) < 4.78 is 0. The fourth-order valence-corrected chi connectivity index (χ4v) is 2.43. The number of halogens is 1. The fourth-order valence-electron chi connectivity index (χ4n) is 2.23. The van der Waals surface area contributed by atoms with Crippen molar-refractivity contribution in [3.05, 3.63) is 64.2 Å². The number of benzene rings is 2. The second-order valence-corrected chi connectivity index (χ2v) is 5.85. The monoisotopic (exact) mass is 345 g/mol. The van der Waals surface area contributed by atoms with Gasteiger partial charge in [0.1, 0.15) is 5.84 Å². The van der Waals surface area contributed by atoms with E-state index in [2.05, 4.69) is 10.5 Å². The number of carbonyl (C=O) groups is 1. The minimum absolute atomic E-state index is 0.211. The van der Waals surface area contributed by atoms with E-state index in [-0.39, 0.29) is 18.3 Å². The van der Waals surface area contributed by atoms with Crippen molar-refractivity contribution in [2.75, 3.05) is 11.9 Å². The van der Waals surface area contributed by atoms with Crippen molar-refractivity contribution in [1.29, 1.82) is 0 Å². The van der Waals surface area contributed by atoms with Gasteiger partial charge < -0.3 is 15.9 Å². The summed E-state index contributed by atoms with van der Waals surface area (Å²) in [5, 5.41) is 7.19. The van der Waals surface area contributed by atoms with Crippen molar-refractivity contribution in [3.8, 4) is 0 Å². The zero-order valence-corrected chi connectivity index (χ0v) is 14.4. The minimum Gasteiger partial charge on any atom is -0.384 e. The third-order valence-electron chi connectivity index (χ3n) is 3.45. The smallest absolute Gasteiger partial charge is 0.265 e. The first-order chi connectivity index (χ1) is 11.5. The molecule has 0 aromatic heterocycles. The molecule has 0 saturated carbocycles. The number of aryl methyl sites for hydroxylation is 2. The highest BCUT2D eigenvalue weighted by Crippen LogP contribution is 2.19. The fraction of sp³-hybridized carbons (Fsp3) is 0.222. The molecule has 0 aliphatic rings. The van der Waals surface area contributed by atoms with Crippen molar-refractivity contribution in [2.24, 2.45) is 10.9 Å². The van der Waals surface area contributed by atoms with Gasteiger partial charge >= 0.3 is 0 Å². The lowest BCUT2D eigenvalue weighted by Gasteiger charge is -2.10. The number of rotatable bonds is 6. The Balaban J connectivity index is 1.86. The van der Waals surface area contributed by atoms with Crippen LogP contribution in [-0.2, 0) is 16.1 Å². The van der Waals surface area contributed by atoms with Gasteiger partial charge in [-0.2, -0.15) is 0 Å². The van der Waals surface area contributed by atoms with Crippen LogP contribution in [-0.4, -0.2) is 18.3 Å². The van der Waals surface area contributed by atoms with Gasteiger partial charge in [0, 0.05) is 17.1 Å². The van der Waals surface area contributed by atoms with Gasteiger partial charge in [-0.3, -0.25) is 4.79 Å². The second kappa shape index (κ2) is 8.36. The standard InChI is InChI=1S/C18H20ClN3O2/c1-12-6-5-7-13(2)18(12)21-17(23)11-24-22-16(20)10-14-8-3-4-9-15(14)19/h3-9H,10-11H2,1-2H3,(H2,20,22)(H,21,23). The van der Waals surface area contributed by atoms with Crippen LogP contribution < -0.4 is 11.1 Å². The van der Waals surface area contributed by atoms with Crippen molar-refractivity contribution < 1.29 is 9.63 Å². The predicted octanol–water partition coefficient (Wildman–Crippen LogP) is 3.43. The lowest BCUT2D eigenvalue weighted by molar-refractivity contribution is -0.120. The van der Waals surface area contributed by atoms with Gasteiger partial charge in [0.05, 0.1) is 0 Å². The summed E-state index contributed by atoms with van der Waals surface area (Å²) in [5.74, 6) is -0.0373. The molecule has 0 saturated heterocycles. The number of nitrogens with one attached hydrogen (secondary N) is 1. The van der Waals surface area contributed by atoms with E-state index in [1.807, 2.05) is 50.2 Å². The first kappa shape index (κ1) is 17.8. The highest BCUT2D eigenvalue weighted by Gasteiger charge is 2.08. The van der Waals surface area contributed by atoms with Crippen LogP contribution in [0, 0.1) is 13.8 Å². The van der Waals surface area contributed by atoms with E-state index < -0.39 is 0 Å². The summed E-state index contributed by atoms with van der Waals surface area (Å²) in [7, 11) is 0. The summed E-state index contributed by atoms with van der Waals surface area (Å²) in [5.41, 5.74) is 9.42. The first-order valence-corrected chi connectivity index (χ1v) is 7.89. The Morgan fingerprint density at radius 2 is 1.83 bits per heavy atom. The Morgan fingerprint density at radius 3 is 2.50 bits per heavy atom. The Morgan fingerprint density at radius 1 is 1.17 bits per heavy atom. The zero-order valence-electron chi connectivity index (χ0n) is 13.7. The molecule has 5 nitrogen and oxygen atoms in total. The summed E-state index contributed by atoms with van der Waals surface area (Å²) >= 11 is 6.06. The summed E-state index contributed by atoms with van der Waals surface area (Å²) in [4.78, 5) is 17.0. The second-order valence-electron chi connectivity index (χ2n) is 5.44. The van der Waals surface area contributed by atoms with Gasteiger partial charge in [-0.15, -0.1) is 0 Å². The number of nitrogens with zero attached hydrogens (tertiary/aromatic N) is 1. The number of para-hydroxylation sites is 1. The van der Waals surface area contributed by atoms with Crippen LogP contribution in [0.1, 0.15) is 16.7 Å². The minimum atomic E-state index is -0.290. The SMILES string of the molecule is Cc1cccc(C)c1NC(=O)CON=C(N)Cc1ccccc1Cl. The molecule has 0 heterocycles. The molecule has 1 amide bonds. The molecule has 2 rings (SSSR count). The molecule has 3 N–H and O–H groups in total. The molecular formula is C18H20ClN3O2. The average Bonchev–Trinajstić information content (AvgIpc) is 2.53. The number of oxime groups is 1. The molecule has 0 atom stereocenters. The molecule has 0 fully saturated rings. The van der Waals surface area contributed by atoms with Gasteiger partial charge in [0.25, 0.3) is 5.91 Å². The van der Waals surface area contributed by atoms with Crippen molar-refractivity contribution in [1.82, 2.24) is 0 Å². The van der Waals surface area contributed by atoms with Gasteiger partial charge in [0.2, 0.25) is 0 Å². The largest absolute Gasteiger partial charge is 0.384 e. The number of nitrogens with two attached hydrogens (primary N) is 1. The molecule has 0 bridgehead atoms. The average molecular weight is 346 g/mol. The normalized spacial score (nSPS) is 11.2. The molecule has 2 aromatic carbocycles. The Hall–Kier alpha value is -2.53. The van der Waals surface area contributed by atoms with E-state index in [4.69, 9.17) is 22.2 Å². The maximum absolute atomic E-state index is 11.9. The predicted molar refractivity (Wildman–Crippen MR) is 97.3 cm³/mol. The van der Waals surface area contributed by atoms with Crippen LogP contribution in [0.25, 0.3) is 0 Å². The third kappa shape index (κ3) is 4.99. The summed E-state index contributed by atoms with van der Waals surface area (Å²) in [6.45, 7) is 3.66. The van der Waals surface area contributed by atoms with Crippen LogP contribution >= 0.6 is 11.6 Å². The zero-order chi connectivity index (χ0) is 17.5. The topological polar surface area (TPSA) is 76.7 Å². The van der Waals surface area contributed by atoms with E-state index in [9.17, 15) is 4.79 Å². The molecule has 0 radical (unpaired) electrons. The van der Waals surface area contributed by atoms with Crippen molar-refractivity contribution in [2.45, 2.75) is 20.3 Å². The number of hydrogen-bond donors (Lipinski definition) is 2. The summed E-state index contributed by atoms with van der Waals surface area (Å²) in [6.07, 6.45) is 0.359. The van der Waals surface area contributed by atoms with Crippen LogP contribution in [0.3, 0.4) is 0 Å². The van der Waals surface area contributed by atoms with Gasteiger partial charge in [-0.1, -0.05) is 53.2 Å². The summed E-state index contributed by atoms with van der Waals surface area (Å²) in [6, 6.07) is 13.2. The third-order valence-corrected chi connectivity index (χ3v) is 3.82. The van der Waals surface area contributed by atoms with E-state index >= 15 is 0 Å². The number of amidine groups is 1. The van der Waals surface area contributed by atoms with Crippen molar-refractivity contribution >= 4 is 29.0 Å². The maximum Gasteiger partial charge on any atom is 0.265 e. The van der Waals surface area contributed by atoms with Crippen LogP contribution in [0.15, 0.2) is 47.6 Å². The lowest BCUT2D eigenvalue weighted by Crippen LogP contribution is -2.20. The molecule has 6 heteroatoms. The molecule has 0 unspecified atom stereocenters. The Bertz CT molecular complexity index is 739. The molecule has 0 aliphatic heterocycles. The molecule has 0 spiro atoms. The van der Waals surface area contributed by atoms with Crippen molar-refractivity contribution in [3.63, 3.8) is 0 Å². The lowest BCUT2D eigenvalue weighted by atomic mass is 10.1.